The largest absolute Gasteiger partial charge is 0.340 e. The van der Waals surface area contributed by atoms with E-state index in [0.29, 0.717) is 13.1 Å². The van der Waals surface area contributed by atoms with Gasteiger partial charge in [-0.1, -0.05) is 36.4 Å². The maximum Gasteiger partial charge on any atom is 0.325 e. The quantitative estimate of drug-likeness (QED) is 0.681. The molecule has 31 heavy (non-hydrogen) atoms. The van der Waals surface area contributed by atoms with E-state index < -0.39 is 12.1 Å². The third-order valence-corrected chi connectivity index (χ3v) is 5.80. The molecule has 3 heterocycles. The number of aromatic nitrogens is 1. The fourth-order valence-electron chi connectivity index (χ4n) is 3.97. The highest BCUT2D eigenvalue weighted by Crippen LogP contribution is 2.15. The molecule has 4 rings (SSSR count). The third kappa shape index (κ3) is 5.27. The van der Waals surface area contributed by atoms with Gasteiger partial charge in [-0.25, -0.2) is 4.79 Å². The van der Waals surface area contributed by atoms with Gasteiger partial charge in [-0.15, -0.1) is 0 Å². The first-order valence-corrected chi connectivity index (χ1v) is 10.7. The molecule has 0 spiro atoms. The lowest BCUT2D eigenvalue weighted by atomic mass is 10.1. The minimum atomic E-state index is -0.786. The predicted octanol–water partition coefficient (Wildman–Crippen LogP) is 1.28. The van der Waals surface area contributed by atoms with Crippen LogP contribution in [0.4, 0.5) is 4.79 Å². The molecule has 162 valence electrons. The van der Waals surface area contributed by atoms with Gasteiger partial charge in [0.15, 0.2) is 0 Å². The topological polar surface area (TPSA) is 85.8 Å². The first kappa shape index (κ1) is 21.0. The highest BCUT2D eigenvalue weighted by molar-refractivity contribution is 6.05. The van der Waals surface area contributed by atoms with Crippen LogP contribution in [0.25, 0.3) is 0 Å². The van der Waals surface area contributed by atoms with Crippen LogP contribution in [0.2, 0.25) is 0 Å². The molecule has 8 heteroatoms. The average Bonchev–Trinajstić information content (AvgIpc) is 3.06. The van der Waals surface area contributed by atoms with Gasteiger partial charge < -0.3 is 10.2 Å². The van der Waals surface area contributed by atoms with E-state index >= 15 is 0 Å². The SMILES string of the molecule is O=C(C[C@@H]1NC(=O)N(Cc2ccccc2)C1=O)N1CCN(CCc2ccccn2)CC1. The van der Waals surface area contributed by atoms with Crippen LogP contribution in [0.3, 0.4) is 0 Å². The number of carbonyl (C=O) groups excluding carboxylic acids is 3. The van der Waals surface area contributed by atoms with E-state index in [1.807, 2.05) is 48.5 Å². The van der Waals surface area contributed by atoms with Crippen molar-refractivity contribution in [1.29, 1.82) is 0 Å². The zero-order valence-electron chi connectivity index (χ0n) is 17.4. The number of carbonyl (C=O) groups is 3. The van der Waals surface area contributed by atoms with Gasteiger partial charge in [0, 0.05) is 51.0 Å². The molecular formula is C23H27N5O3. The average molecular weight is 422 g/mol. The molecule has 2 aliphatic rings. The molecule has 0 unspecified atom stereocenters. The molecular weight excluding hydrogens is 394 g/mol. The van der Waals surface area contributed by atoms with Gasteiger partial charge in [0.05, 0.1) is 13.0 Å². The summed E-state index contributed by atoms with van der Waals surface area (Å²) < 4.78 is 0. The number of nitrogens with zero attached hydrogens (tertiary/aromatic N) is 4. The fourth-order valence-corrected chi connectivity index (χ4v) is 3.97. The number of hydrogen-bond acceptors (Lipinski definition) is 5. The second-order valence-corrected chi connectivity index (χ2v) is 7.91. The summed E-state index contributed by atoms with van der Waals surface area (Å²) in [5, 5.41) is 2.66. The van der Waals surface area contributed by atoms with Gasteiger partial charge in [-0.3, -0.25) is 24.4 Å². The number of amides is 4. The lowest BCUT2D eigenvalue weighted by Gasteiger charge is -2.35. The standard InChI is InChI=1S/C23H27N5O3/c29-21(27-14-12-26(13-15-27)11-9-19-8-4-5-10-24-19)16-20-22(30)28(23(31)25-20)17-18-6-2-1-3-7-18/h1-8,10,20H,9,11-17H2,(H,25,31)/t20-/m0/s1. The molecule has 1 atom stereocenters. The van der Waals surface area contributed by atoms with E-state index in [0.717, 1.165) is 37.3 Å². The minimum absolute atomic E-state index is 0.00377. The Morgan fingerprint density at radius 2 is 1.74 bits per heavy atom. The number of hydrogen-bond donors (Lipinski definition) is 1. The summed E-state index contributed by atoms with van der Waals surface area (Å²) in [6.45, 7) is 3.97. The molecule has 0 saturated carbocycles. The van der Waals surface area contributed by atoms with Crippen LogP contribution in [0.1, 0.15) is 17.7 Å². The van der Waals surface area contributed by atoms with Crippen molar-refractivity contribution < 1.29 is 14.4 Å². The van der Waals surface area contributed by atoms with Gasteiger partial charge in [0.1, 0.15) is 6.04 Å². The van der Waals surface area contributed by atoms with Crippen LogP contribution in [-0.2, 0) is 22.6 Å². The number of pyridine rings is 1. The maximum atomic E-state index is 12.7. The summed E-state index contributed by atoms with van der Waals surface area (Å²) in [5.74, 6) is -0.430. The molecule has 2 aromatic rings. The smallest absolute Gasteiger partial charge is 0.325 e. The predicted molar refractivity (Wildman–Crippen MR) is 115 cm³/mol. The zero-order chi connectivity index (χ0) is 21.6. The third-order valence-electron chi connectivity index (χ3n) is 5.80. The van der Waals surface area contributed by atoms with Crippen molar-refractivity contribution in [3.63, 3.8) is 0 Å². The summed E-state index contributed by atoms with van der Waals surface area (Å²) in [6.07, 6.45) is 2.69. The molecule has 1 N–H and O–H groups in total. The summed E-state index contributed by atoms with van der Waals surface area (Å²) in [7, 11) is 0. The van der Waals surface area contributed by atoms with Crippen molar-refractivity contribution >= 4 is 17.8 Å². The second kappa shape index (κ2) is 9.70. The molecule has 0 radical (unpaired) electrons. The van der Waals surface area contributed by atoms with E-state index in [1.54, 1.807) is 11.1 Å². The summed E-state index contributed by atoms with van der Waals surface area (Å²) in [4.78, 5) is 47.3. The Bertz CT molecular complexity index is 913. The van der Waals surface area contributed by atoms with Crippen LogP contribution < -0.4 is 5.32 Å². The first-order chi connectivity index (χ1) is 15.1. The Morgan fingerprint density at radius 1 is 1.00 bits per heavy atom. The normalized spacial score (nSPS) is 19.5. The molecule has 1 aromatic carbocycles. The van der Waals surface area contributed by atoms with Crippen molar-refractivity contribution in [2.24, 2.45) is 0 Å². The van der Waals surface area contributed by atoms with Crippen molar-refractivity contribution in [2.75, 3.05) is 32.7 Å². The van der Waals surface area contributed by atoms with Crippen LogP contribution in [0.5, 0.6) is 0 Å². The van der Waals surface area contributed by atoms with E-state index in [9.17, 15) is 14.4 Å². The minimum Gasteiger partial charge on any atom is -0.340 e. The Kier molecular flexibility index (Phi) is 6.57. The summed E-state index contributed by atoms with van der Waals surface area (Å²) >= 11 is 0. The van der Waals surface area contributed by atoms with E-state index in [4.69, 9.17) is 0 Å². The zero-order valence-corrected chi connectivity index (χ0v) is 17.4. The van der Waals surface area contributed by atoms with E-state index in [-0.39, 0.29) is 24.8 Å². The summed E-state index contributed by atoms with van der Waals surface area (Å²) in [6, 6.07) is 14.0. The number of urea groups is 1. The van der Waals surface area contributed by atoms with E-state index in [2.05, 4.69) is 15.2 Å². The molecule has 0 bridgehead atoms. The molecule has 4 amide bonds. The lowest BCUT2D eigenvalue weighted by Crippen LogP contribution is -2.50. The number of piperazine rings is 1. The van der Waals surface area contributed by atoms with Crippen molar-refractivity contribution in [2.45, 2.75) is 25.4 Å². The Balaban J connectivity index is 1.23. The number of benzene rings is 1. The molecule has 2 saturated heterocycles. The van der Waals surface area contributed by atoms with Crippen molar-refractivity contribution in [3.05, 3.63) is 66.0 Å². The molecule has 2 fully saturated rings. The monoisotopic (exact) mass is 421 g/mol. The van der Waals surface area contributed by atoms with Crippen LogP contribution in [0, 0.1) is 0 Å². The van der Waals surface area contributed by atoms with Gasteiger partial charge in [0.25, 0.3) is 5.91 Å². The first-order valence-electron chi connectivity index (χ1n) is 10.7. The number of rotatable bonds is 7. The highest BCUT2D eigenvalue weighted by Gasteiger charge is 2.39. The molecule has 2 aliphatic heterocycles. The lowest BCUT2D eigenvalue weighted by molar-refractivity contribution is -0.137. The van der Waals surface area contributed by atoms with Crippen LogP contribution in [0.15, 0.2) is 54.7 Å². The molecule has 8 nitrogen and oxygen atoms in total. The number of imide groups is 1. The summed E-state index contributed by atoms with van der Waals surface area (Å²) in [5.41, 5.74) is 1.94. The van der Waals surface area contributed by atoms with Crippen molar-refractivity contribution in [1.82, 2.24) is 25.0 Å². The van der Waals surface area contributed by atoms with Crippen molar-refractivity contribution in [3.8, 4) is 0 Å². The van der Waals surface area contributed by atoms with E-state index in [1.165, 1.54) is 4.90 Å². The van der Waals surface area contributed by atoms with Gasteiger partial charge in [-0.2, -0.15) is 0 Å². The second-order valence-electron chi connectivity index (χ2n) is 7.91. The Morgan fingerprint density at radius 3 is 2.45 bits per heavy atom. The van der Waals surface area contributed by atoms with Gasteiger partial charge in [-0.05, 0) is 17.7 Å². The number of nitrogens with one attached hydrogen (secondary N) is 1. The van der Waals surface area contributed by atoms with Crippen LogP contribution in [-0.4, -0.2) is 76.3 Å². The van der Waals surface area contributed by atoms with Gasteiger partial charge >= 0.3 is 6.03 Å². The maximum absolute atomic E-state index is 12.7. The highest BCUT2D eigenvalue weighted by atomic mass is 16.2. The Labute approximate surface area is 181 Å². The fraction of sp³-hybridized carbons (Fsp3) is 0.391. The molecule has 0 aliphatic carbocycles. The van der Waals surface area contributed by atoms with Gasteiger partial charge in [0.2, 0.25) is 5.91 Å². The molecule has 1 aromatic heterocycles. The van der Waals surface area contributed by atoms with Crippen LogP contribution >= 0.6 is 0 Å². The Hall–Kier alpha value is -3.26.